The van der Waals surface area contributed by atoms with Crippen molar-refractivity contribution in [2.45, 2.75) is 27.0 Å². The second kappa shape index (κ2) is 10.2. The fourth-order valence-corrected chi connectivity index (χ4v) is 4.11. The molecule has 0 atom stereocenters. The van der Waals surface area contributed by atoms with Crippen LogP contribution in [0, 0.1) is 13.8 Å². The van der Waals surface area contributed by atoms with E-state index in [0.29, 0.717) is 23.7 Å². The maximum atomic E-state index is 12.9. The fraction of sp³-hybridized carbons (Fsp3) is 0.154. The van der Waals surface area contributed by atoms with Crippen molar-refractivity contribution in [1.82, 2.24) is 9.78 Å². The zero-order valence-electron chi connectivity index (χ0n) is 18.3. The number of carbonyl (C=O) groups is 1. The van der Waals surface area contributed by atoms with E-state index in [0.717, 1.165) is 38.4 Å². The van der Waals surface area contributed by atoms with E-state index in [9.17, 15) is 4.79 Å². The fourth-order valence-electron chi connectivity index (χ4n) is 3.50. The lowest BCUT2D eigenvalue weighted by atomic mass is 10.1. The van der Waals surface area contributed by atoms with E-state index in [1.54, 1.807) is 12.1 Å². The molecule has 0 unspecified atom stereocenters. The van der Waals surface area contributed by atoms with Crippen LogP contribution in [0.4, 0.5) is 5.69 Å². The van der Waals surface area contributed by atoms with Gasteiger partial charge in [-0.3, -0.25) is 9.48 Å². The quantitative estimate of drug-likeness (QED) is 0.289. The topological polar surface area (TPSA) is 56.2 Å². The van der Waals surface area contributed by atoms with E-state index >= 15 is 0 Å². The van der Waals surface area contributed by atoms with Crippen LogP contribution in [0.1, 0.15) is 32.9 Å². The van der Waals surface area contributed by atoms with Crippen molar-refractivity contribution in [2.24, 2.45) is 0 Å². The summed E-state index contributed by atoms with van der Waals surface area (Å²) in [7, 11) is 0. The number of hydrogen-bond acceptors (Lipinski definition) is 3. The lowest BCUT2D eigenvalue weighted by molar-refractivity contribution is 0.102. The number of nitrogens with one attached hydrogen (secondary N) is 1. The van der Waals surface area contributed by atoms with Gasteiger partial charge >= 0.3 is 0 Å². The minimum Gasteiger partial charge on any atom is -0.488 e. The summed E-state index contributed by atoms with van der Waals surface area (Å²) in [6, 6.07) is 22.8. The first-order chi connectivity index (χ1) is 15.9. The van der Waals surface area contributed by atoms with Crippen molar-refractivity contribution in [3.8, 4) is 5.75 Å². The van der Waals surface area contributed by atoms with Crippen molar-refractivity contribution in [3.05, 3.63) is 110 Å². The van der Waals surface area contributed by atoms with Crippen LogP contribution in [0.2, 0.25) is 5.02 Å². The number of aromatic nitrogens is 2. The minimum atomic E-state index is -0.179. The normalized spacial score (nSPS) is 10.8. The van der Waals surface area contributed by atoms with E-state index in [1.165, 1.54) is 0 Å². The first kappa shape index (κ1) is 23.1. The number of nitrogens with zero attached hydrogens (tertiary/aromatic N) is 2. The predicted molar refractivity (Wildman–Crippen MR) is 135 cm³/mol. The third kappa shape index (κ3) is 5.64. The van der Waals surface area contributed by atoms with Gasteiger partial charge in [-0.15, -0.1) is 0 Å². The Kier molecular flexibility index (Phi) is 7.16. The second-order valence-electron chi connectivity index (χ2n) is 7.70. The van der Waals surface area contributed by atoms with Gasteiger partial charge in [0.15, 0.2) is 0 Å². The highest BCUT2D eigenvalue weighted by atomic mass is 79.9. The van der Waals surface area contributed by atoms with E-state index in [1.807, 2.05) is 79.2 Å². The first-order valence-electron chi connectivity index (χ1n) is 10.5. The van der Waals surface area contributed by atoms with Crippen molar-refractivity contribution in [2.75, 3.05) is 5.32 Å². The molecule has 0 fully saturated rings. The average Bonchev–Trinajstić information content (AvgIpc) is 3.06. The summed E-state index contributed by atoms with van der Waals surface area (Å²) >= 11 is 9.57. The number of para-hydroxylation sites is 1. The smallest absolute Gasteiger partial charge is 0.255 e. The Morgan fingerprint density at radius 2 is 1.79 bits per heavy atom. The summed E-state index contributed by atoms with van der Waals surface area (Å²) in [5.41, 5.74) is 4.97. The van der Waals surface area contributed by atoms with Crippen LogP contribution in [0.25, 0.3) is 0 Å². The van der Waals surface area contributed by atoms with Gasteiger partial charge in [0.05, 0.1) is 28.1 Å². The Morgan fingerprint density at radius 3 is 2.52 bits per heavy atom. The van der Waals surface area contributed by atoms with Gasteiger partial charge in [0.1, 0.15) is 12.4 Å². The van der Waals surface area contributed by atoms with Gasteiger partial charge < -0.3 is 10.1 Å². The molecule has 4 rings (SSSR count). The number of benzene rings is 3. The second-order valence-corrected chi connectivity index (χ2v) is 8.99. The molecule has 0 saturated heterocycles. The first-order valence-corrected chi connectivity index (χ1v) is 11.6. The van der Waals surface area contributed by atoms with Gasteiger partial charge in [-0.25, -0.2) is 0 Å². The monoisotopic (exact) mass is 523 g/mol. The Labute approximate surface area is 206 Å². The molecule has 7 heteroatoms. The Balaban J connectivity index is 1.42. The molecule has 3 aromatic carbocycles. The highest BCUT2D eigenvalue weighted by Crippen LogP contribution is 2.25. The summed E-state index contributed by atoms with van der Waals surface area (Å²) in [6.45, 7) is 4.83. The molecule has 0 saturated carbocycles. The maximum absolute atomic E-state index is 12.9. The molecule has 0 bridgehead atoms. The Morgan fingerprint density at radius 1 is 1.03 bits per heavy atom. The Hall–Kier alpha value is -3.09. The molecule has 1 N–H and O–H groups in total. The molecule has 0 spiro atoms. The molecule has 4 aromatic rings. The van der Waals surface area contributed by atoms with Crippen LogP contribution < -0.4 is 10.1 Å². The van der Waals surface area contributed by atoms with Crippen molar-refractivity contribution >= 4 is 39.1 Å². The molecule has 0 radical (unpaired) electrons. The molecular weight excluding hydrogens is 502 g/mol. The van der Waals surface area contributed by atoms with Gasteiger partial charge in [-0.1, -0.05) is 48.0 Å². The van der Waals surface area contributed by atoms with E-state index in [2.05, 4.69) is 26.3 Å². The zero-order valence-corrected chi connectivity index (χ0v) is 20.7. The lowest BCUT2D eigenvalue weighted by Crippen LogP contribution is -2.13. The van der Waals surface area contributed by atoms with Crippen LogP contribution in [-0.4, -0.2) is 15.7 Å². The number of amides is 1. The van der Waals surface area contributed by atoms with Crippen LogP contribution in [0.3, 0.4) is 0 Å². The molecule has 1 aromatic heterocycles. The zero-order chi connectivity index (χ0) is 23.4. The summed E-state index contributed by atoms with van der Waals surface area (Å²) in [4.78, 5) is 12.9. The van der Waals surface area contributed by atoms with Gasteiger partial charge in [0, 0.05) is 10.6 Å². The summed E-state index contributed by atoms with van der Waals surface area (Å²) in [6.07, 6.45) is 0. The number of halogens is 2. The Bertz CT molecular complexity index is 1290. The summed E-state index contributed by atoms with van der Waals surface area (Å²) in [5, 5.41) is 8.29. The standard InChI is InChI=1S/C26H23BrClN3O2/c1-17-25(18(2)31(30-17)15-20-6-5-7-22(28)14-20)29-26(32)21-12-10-19(11-13-21)16-33-24-9-4-3-8-23(24)27/h3-14H,15-16H2,1-2H3,(H,29,32). The minimum absolute atomic E-state index is 0.179. The van der Waals surface area contributed by atoms with Crippen LogP contribution >= 0.6 is 27.5 Å². The molecule has 1 amide bonds. The number of hydrogen-bond donors (Lipinski definition) is 1. The number of carbonyl (C=O) groups excluding carboxylic acids is 1. The molecule has 1 heterocycles. The van der Waals surface area contributed by atoms with Crippen molar-refractivity contribution in [1.29, 1.82) is 0 Å². The third-order valence-electron chi connectivity index (χ3n) is 5.29. The largest absolute Gasteiger partial charge is 0.488 e. The molecule has 0 aliphatic rings. The summed E-state index contributed by atoms with van der Waals surface area (Å²) < 4.78 is 8.62. The highest BCUT2D eigenvalue weighted by Gasteiger charge is 2.16. The maximum Gasteiger partial charge on any atom is 0.255 e. The van der Waals surface area contributed by atoms with Gasteiger partial charge in [0.2, 0.25) is 0 Å². The average molecular weight is 525 g/mol. The van der Waals surface area contributed by atoms with Crippen LogP contribution in [-0.2, 0) is 13.2 Å². The third-order valence-corrected chi connectivity index (χ3v) is 6.18. The molecule has 0 aliphatic carbocycles. The number of aryl methyl sites for hydroxylation is 1. The molecule has 168 valence electrons. The predicted octanol–water partition coefficient (Wildman–Crippen LogP) is 6.80. The number of ether oxygens (including phenoxy) is 1. The lowest BCUT2D eigenvalue weighted by Gasteiger charge is -2.10. The van der Waals surface area contributed by atoms with E-state index < -0.39 is 0 Å². The van der Waals surface area contributed by atoms with Gasteiger partial charge in [0.25, 0.3) is 5.91 Å². The molecule has 5 nitrogen and oxygen atoms in total. The van der Waals surface area contributed by atoms with Gasteiger partial charge in [-0.05, 0) is 77.3 Å². The highest BCUT2D eigenvalue weighted by molar-refractivity contribution is 9.10. The molecule has 33 heavy (non-hydrogen) atoms. The van der Waals surface area contributed by atoms with Crippen molar-refractivity contribution in [3.63, 3.8) is 0 Å². The van der Waals surface area contributed by atoms with Crippen LogP contribution in [0.15, 0.2) is 77.3 Å². The number of rotatable bonds is 7. The molecule has 0 aliphatic heterocycles. The molecular formula is C26H23BrClN3O2. The van der Waals surface area contributed by atoms with E-state index in [-0.39, 0.29) is 5.91 Å². The number of anilines is 1. The van der Waals surface area contributed by atoms with E-state index in [4.69, 9.17) is 16.3 Å². The van der Waals surface area contributed by atoms with Gasteiger partial charge in [-0.2, -0.15) is 5.10 Å². The summed E-state index contributed by atoms with van der Waals surface area (Å²) in [5.74, 6) is 0.599. The van der Waals surface area contributed by atoms with Crippen LogP contribution in [0.5, 0.6) is 5.75 Å². The SMILES string of the molecule is Cc1nn(Cc2cccc(Cl)c2)c(C)c1NC(=O)c1ccc(COc2ccccc2Br)cc1. The van der Waals surface area contributed by atoms with Crippen molar-refractivity contribution < 1.29 is 9.53 Å².